The molecule has 4 rings (SSSR count). The molecule has 0 bridgehead atoms. The van der Waals surface area contributed by atoms with Crippen LogP contribution in [-0.2, 0) is 4.84 Å². The summed E-state index contributed by atoms with van der Waals surface area (Å²) in [6.07, 6.45) is 3.09. The summed E-state index contributed by atoms with van der Waals surface area (Å²) >= 11 is 6.28. The van der Waals surface area contributed by atoms with E-state index in [1.807, 2.05) is 6.07 Å². The lowest BCUT2D eigenvalue weighted by atomic mass is 10.1. The van der Waals surface area contributed by atoms with Crippen molar-refractivity contribution in [1.82, 2.24) is 15.4 Å². The number of alkyl halides is 1. The van der Waals surface area contributed by atoms with Crippen molar-refractivity contribution in [3.63, 3.8) is 0 Å². The van der Waals surface area contributed by atoms with Gasteiger partial charge in [-0.25, -0.2) is 18.8 Å². The van der Waals surface area contributed by atoms with Crippen molar-refractivity contribution in [2.45, 2.75) is 24.5 Å². The summed E-state index contributed by atoms with van der Waals surface area (Å²) in [4.78, 5) is 17.4. The molecule has 0 spiro atoms. The molecule has 1 aromatic carbocycles. The van der Waals surface area contributed by atoms with Crippen molar-refractivity contribution >= 4 is 40.0 Å². The molecule has 2 heterocycles. The Morgan fingerprint density at radius 3 is 2.85 bits per heavy atom. The van der Waals surface area contributed by atoms with Gasteiger partial charge >= 0.3 is 6.02 Å². The number of aromatic nitrogens is 2. The zero-order chi connectivity index (χ0) is 23.5. The van der Waals surface area contributed by atoms with Gasteiger partial charge in [0.1, 0.15) is 24.3 Å². The molecule has 33 heavy (non-hydrogen) atoms. The predicted octanol–water partition coefficient (Wildman–Crippen LogP) is 2.98. The van der Waals surface area contributed by atoms with Gasteiger partial charge in [-0.2, -0.15) is 5.26 Å². The van der Waals surface area contributed by atoms with Crippen LogP contribution in [0.25, 0.3) is 10.9 Å². The second kappa shape index (κ2) is 9.50. The van der Waals surface area contributed by atoms with E-state index in [1.165, 1.54) is 12.3 Å². The molecule has 170 valence electrons. The van der Waals surface area contributed by atoms with E-state index in [1.54, 1.807) is 18.2 Å². The van der Waals surface area contributed by atoms with Crippen molar-refractivity contribution in [1.29, 1.82) is 5.26 Å². The fourth-order valence-corrected chi connectivity index (χ4v) is 3.35. The number of halogens is 3. The standard InChI is InChI=1S/C21H19ClF2N8O/c22-14-2-1-11(4-12(14)18(6-23)31-21(27)33-32-17-5-16(17)26)30-20-19-13(15(24)9-29-20)3-10(7-25)8-28-19/h1-4,8-9,16-18,32H,5-6,26H2,(H2,27,31)(H,29,30)/t16-,17+,18+/m0/s1. The van der Waals surface area contributed by atoms with Gasteiger partial charge < -0.3 is 21.6 Å². The Morgan fingerprint density at radius 2 is 2.15 bits per heavy atom. The first kappa shape index (κ1) is 22.6. The minimum atomic E-state index is -1.02. The van der Waals surface area contributed by atoms with Crippen molar-refractivity contribution in [2.24, 2.45) is 16.5 Å². The number of benzene rings is 1. The average Bonchev–Trinajstić information content (AvgIpc) is 3.54. The zero-order valence-corrected chi connectivity index (χ0v) is 17.9. The lowest BCUT2D eigenvalue weighted by Crippen LogP contribution is -2.31. The quantitative estimate of drug-likeness (QED) is 0.233. The van der Waals surface area contributed by atoms with Gasteiger partial charge in [0.2, 0.25) is 0 Å². The smallest absolute Gasteiger partial charge is 0.302 e. The summed E-state index contributed by atoms with van der Waals surface area (Å²) in [5, 5.41) is 12.5. The number of nitrogens with one attached hydrogen (secondary N) is 2. The molecule has 0 aliphatic heterocycles. The number of hydrogen-bond donors (Lipinski definition) is 4. The van der Waals surface area contributed by atoms with Crippen LogP contribution in [0.3, 0.4) is 0 Å². The number of hydroxylamine groups is 1. The maximum absolute atomic E-state index is 14.2. The normalized spacial score (nSPS) is 18.6. The van der Waals surface area contributed by atoms with Crippen LogP contribution in [0.2, 0.25) is 5.02 Å². The predicted molar refractivity (Wildman–Crippen MR) is 120 cm³/mol. The molecule has 3 aromatic rings. The van der Waals surface area contributed by atoms with Crippen LogP contribution in [0.5, 0.6) is 0 Å². The maximum atomic E-state index is 14.2. The van der Waals surface area contributed by atoms with Gasteiger partial charge in [-0.15, -0.1) is 5.48 Å². The fraction of sp³-hybridized carbons (Fsp3) is 0.238. The Morgan fingerprint density at radius 1 is 1.36 bits per heavy atom. The van der Waals surface area contributed by atoms with Crippen molar-refractivity contribution in [3.05, 3.63) is 58.6 Å². The summed E-state index contributed by atoms with van der Waals surface area (Å²) in [5.74, 6) is -0.364. The van der Waals surface area contributed by atoms with Gasteiger partial charge in [-0.05, 0) is 30.7 Å². The molecule has 1 fully saturated rings. The van der Waals surface area contributed by atoms with Crippen LogP contribution in [0.4, 0.5) is 20.3 Å². The number of nitrogens with two attached hydrogens (primary N) is 2. The summed E-state index contributed by atoms with van der Waals surface area (Å²) in [7, 11) is 0. The van der Waals surface area contributed by atoms with Crippen LogP contribution in [0.15, 0.2) is 41.7 Å². The molecule has 6 N–H and O–H groups in total. The highest BCUT2D eigenvalue weighted by molar-refractivity contribution is 6.31. The van der Waals surface area contributed by atoms with Gasteiger partial charge in [0.15, 0.2) is 11.6 Å². The lowest BCUT2D eigenvalue weighted by molar-refractivity contribution is 0.167. The molecule has 0 unspecified atom stereocenters. The van der Waals surface area contributed by atoms with E-state index in [9.17, 15) is 8.78 Å². The Bertz CT molecular complexity index is 1260. The molecule has 0 amide bonds. The van der Waals surface area contributed by atoms with E-state index in [4.69, 9.17) is 33.2 Å². The van der Waals surface area contributed by atoms with E-state index in [0.717, 1.165) is 12.6 Å². The molecular formula is C21H19ClF2N8O. The number of hydrogen-bond acceptors (Lipinski definition) is 8. The first-order chi connectivity index (χ1) is 15.9. The molecule has 0 radical (unpaired) electrons. The van der Waals surface area contributed by atoms with Gasteiger partial charge in [0, 0.05) is 33.9 Å². The minimum absolute atomic E-state index is 0.0101. The van der Waals surface area contributed by atoms with E-state index >= 15 is 0 Å². The number of anilines is 2. The first-order valence-electron chi connectivity index (χ1n) is 9.87. The lowest BCUT2D eigenvalue weighted by Gasteiger charge is -2.15. The fourth-order valence-electron chi connectivity index (χ4n) is 3.11. The number of fused-ring (bicyclic) bond motifs is 1. The average molecular weight is 473 g/mol. The van der Waals surface area contributed by atoms with Gasteiger partial charge in [-0.3, -0.25) is 4.98 Å². The Kier molecular flexibility index (Phi) is 6.50. The van der Waals surface area contributed by atoms with Crippen LogP contribution >= 0.6 is 11.6 Å². The van der Waals surface area contributed by atoms with E-state index in [2.05, 4.69) is 25.8 Å². The third-order valence-electron chi connectivity index (χ3n) is 5.01. The van der Waals surface area contributed by atoms with Crippen LogP contribution in [0.1, 0.15) is 23.6 Å². The number of aliphatic imine (C=N–C) groups is 1. The highest BCUT2D eigenvalue weighted by Crippen LogP contribution is 2.32. The molecule has 1 aliphatic carbocycles. The van der Waals surface area contributed by atoms with Gasteiger partial charge in [0.25, 0.3) is 0 Å². The van der Waals surface area contributed by atoms with Crippen LogP contribution < -0.4 is 22.3 Å². The van der Waals surface area contributed by atoms with Crippen molar-refractivity contribution in [2.75, 3.05) is 12.0 Å². The molecule has 2 aromatic heterocycles. The summed E-state index contributed by atoms with van der Waals surface area (Å²) in [6, 6.07) is 6.77. The number of nitrogens with zero attached hydrogens (tertiary/aromatic N) is 4. The van der Waals surface area contributed by atoms with Gasteiger partial charge in [-0.1, -0.05) is 11.6 Å². The van der Waals surface area contributed by atoms with Crippen LogP contribution in [-0.4, -0.2) is 34.7 Å². The Labute approximate surface area is 192 Å². The van der Waals surface area contributed by atoms with Crippen molar-refractivity contribution in [3.8, 4) is 6.07 Å². The topological polar surface area (TPSA) is 147 Å². The third-order valence-corrected chi connectivity index (χ3v) is 5.35. The molecular weight excluding hydrogens is 454 g/mol. The summed E-state index contributed by atoms with van der Waals surface area (Å²) in [6.45, 7) is -0.883. The molecule has 0 saturated heterocycles. The minimum Gasteiger partial charge on any atom is -0.371 e. The van der Waals surface area contributed by atoms with E-state index in [0.29, 0.717) is 11.3 Å². The van der Waals surface area contributed by atoms with Crippen LogP contribution in [0, 0.1) is 17.1 Å². The number of amidine groups is 1. The van der Waals surface area contributed by atoms with Crippen molar-refractivity contribution < 1.29 is 13.6 Å². The SMILES string of the molecule is N#Cc1cnc2c(Nc3ccc(Cl)c([C@@H](CF)N=C(N)ON[C@@H]4C[C@@H]4N)c3)ncc(F)c2c1. The number of nitriles is 1. The molecule has 12 heteroatoms. The Hall–Kier alpha value is -3.59. The second-order valence-electron chi connectivity index (χ2n) is 7.41. The van der Waals surface area contributed by atoms with Gasteiger partial charge in [0.05, 0.1) is 17.8 Å². The zero-order valence-electron chi connectivity index (χ0n) is 17.1. The molecule has 1 saturated carbocycles. The monoisotopic (exact) mass is 472 g/mol. The second-order valence-corrected chi connectivity index (χ2v) is 7.82. The highest BCUT2D eigenvalue weighted by Gasteiger charge is 2.34. The van der Waals surface area contributed by atoms with E-state index < -0.39 is 18.5 Å². The summed E-state index contributed by atoms with van der Waals surface area (Å²) in [5.41, 5.74) is 15.4. The largest absolute Gasteiger partial charge is 0.371 e. The number of pyridine rings is 2. The van der Waals surface area contributed by atoms with E-state index in [-0.39, 0.29) is 45.4 Å². The maximum Gasteiger partial charge on any atom is 0.302 e. The number of rotatable bonds is 7. The summed E-state index contributed by atoms with van der Waals surface area (Å²) < 4.78 is 28.0. The Balaban J connectivity index is 1.59. The molecule has 1 aliphatic rings. The highest BCUT2D eigenvalue weighted by atomic mass is 35.5. The molecule has 9 nitrogen and oxygen atoms in total. The first-order valence-corrected chi connectivity index (χ1v) is 10.3. The third kappa shape index (κ3) is 5.09. The molecule has 3 atom stereocenters.